The second-order valence-electron chi connectivity index (χ2n) is 4.44. The lowest BCUT2D eigenvalue weighted by Gasteiger charge is -2.30. The molecule has 0 atom stereocenters. The van der Waals surface area contributed by atoms with Gasteiger partial charge >= 0.3 is 0 Å². The Morgan fingerprint density at radius 2 is 1.09 bits per heavy atom. The molecule has 0 saturated carbocycles. The molecule has 0 aliphatic carbocycles. The van der Waals surface area contributed by atoms with Crippen LogP contribution in [0.4, 0.5) is 0 Å². The lowest BCUT2D eigenvalue weighted by atomic mass is 11.6. The maximum Gasteiger partial charge on any atom is 0.117 e. The van der Waals surface area contributed by atoms with Crippen LogP contribution in [-0.4, -0.2) is 30.6 Å². The van der Waals surface area contributed by atoms with Crippen molar-refractivity contribution in [1.29, 1.82) is 0 Å². The zero-order chi connectivity index (χ0) is 9.12. The molecule has 0 fully saturated rings. The van der Waals surface area contributed by atoms with Crippen LogP contribution in [0, 0.1) is 0 Å². The molecule has 0 heterocycles. The maximum atomic E-state index is 3.47. The molecule has 4 heteroatoms. The third-order valence-electron chi connectivity index (χ3n) is 2.24. The van der Waals surface area contributed by atoms with Gasteiger partial charge < -0.3 is 9.96 Å². The highest BCUT2D eigenvalue weighted by molar-refractivity contribution is 6.93. The van der Waals surface area contributed by atoms with Gasteiger partial charge in [-0.2, -0.15) is 0 Å². The van der Waals surface area contributed by atoms with Gasteiger partial charge in [0.05, 0.1) is 0 Å². The molecule has 0 aliphatic heterocycles. The first kappa shape index (κ1) is 11.4. The van der Waals surface area contributed by atoms with Gasteiger partial charge in [0.25, 0.3) is 0 Å². The Kier molecular flexibility index (Phi) is 3.97. The molecule has 0 aromatic carbocycles. The summed E-state index contributed by atoms with van der Waals surface area (Å²) < 4.78 is 0. The van der Waals surface area contributed by atoms with Gasteiger partial charge in [-0.25, -0.2) is 0 Å². The largest absolute Gasteiger partial charge is 0.340 e. The van der Waals surface area contributed by atoms with Crippen LogP contribution in [-0.2, 0) is 0 Å². The fourth-order valence-electron chi connectivity index (χ4n) is 1.28. The van der Waals surface area contributed by atoms with Crippen molar-refractivity contribution in [2.75, 3.05) is 14.1 Å². The van der Waals surface area contributed by atoms with Crippen molar-refractivity contribution in [3.8, 4) is 0 Å². The standard InChI is InChI=1S/C7H22N2Si2/c1-8-10(3,4)7-11(5,6)9-2/h8-9H,7H2,1-6H3. The fraction of sp³-hybridized carbons (Fsp3) is 1.00. The Labute approximate surface area is 73.0 Å². The van der Waals surface area contributed by atoms with E-state index in [9.17, 15) is 0 Å². The average molecular weight is 190 g/mol. The van der Waals surface area contributed by atoms with Gasteiger partial charge in [-0.3, -0.25) is 0 Å². The van der Waals surface area contributed by atoms with Crippen molar-refractivity contribution in [2.45, 2.75) is 31.9 Å². The van der Waals surface area contributed by atoms with Crippen molar-refractivity contribution in [1.82, 2.24) is 9.96 Å². The molecule has 2 N–H and O–H groups in total. The van der Waals surface area contributed by atoms with E-state index in [1.54, 1.807) is 0 Å². The molecule has 0 aromatic rings. The Hall–Kier alpha value is 0.354. The van der Waals surface area contributed by atoms with E-state index < -0.39 is 16.5 Å². The van der Waals surface area contributed by atoms with E-state index >= 15 is 0 Å². The molecule has 68 valence electrons. The summed E-state index contributed by atoms with van der Waals surface area (Å²) in [4.78, 5) is 6.93. The molecule has 0 bridgehead atoms. The molecule has 0 saturated heterocycles. The minimum absolute atomic E-state index is 1.08. The monoisotopic (exact) mass is 190 g/mol. The summed E-state index contributed by atoms with van der Waals surface area (Å²) in [7, 11) is 2.01. The van der Waals surface area contributed by atoms with Crippen molar-refractivity contribution in [3.63, 3.8) is 0 Å². The first-order chi connectivity index (χ1) is 4.83. The van der Waals surface area contributed by atoms with Gasteiger partial charge in [-0.1, -0.05) is 26.2 Å². The van der Waals surface area contributed by atoms with Gasteiger partial charge in [-0.15, -0.1) is 0 Å². The van der Waals surface area contributed by atoms with Crippen LogP contribution >= 0.6 is 0 Å². The number of rotatable bonds is 4. The first-order valence-corrected chi connectivity index (χ1v) is 10.6. The topological polar surface area (TPSA) is 24.1 Å². The van der Waals surface area contributed by atoms with E-state index in [-0.39, 0.29) is 0 Å². The maximum absolute atomic E-state index is 3.47. The molecular weight excluding hydrogens is 168 g/mol. The van der Waals surface area contributed by atoms with E-state index in [2.05, 4.69) is 50.2 Å². The summed E-state index contributed by atoms with van der Waals surface area (Å²) >= 11 is 0. The van der Waals surface area contributed by atoms with E-state index in [1.165, 1.54) is 5.67 Å². The molecule has 0 spiro atoms. The van der Waals surface area contributed by atoms with E-state index in [4.69, 9.17) is 0 Å². The Bertz CT molecular complexity index is 110. The normalized spacial score (nSPS) is 13.6. The highest BCUT2D eigenvalue weighted by atomic mass is 28.4. The summed E-state index contributed by atoms with van der Waals surface area (Å²) in [5.74, 6) is 0. The minimum Gasteiger partial charge on any atom is -0.340 e. The van der Waals surface area contributed by atoms with Crippen molar-refractivity contribution in [2.24, 2.45) is 0 Å². The zero-order valence-electron chi connectivity index (χ0n) is 8.71. The van der Waals surface area contributed by atoms with Crippen LogP contribution in [0.5, 0.6) is 0 Å². The molecule has 0 aromatic heterocycles. The summed E-state index contributed by atoms with van der Waals surface area (Å²) in [6, 6.07) is 0. The predicted octanol–water partition coefficient (Wildman–Crippen LogP) is 1.37. The summed E-state index contributed by atoms with van der Waals surface area (Å²) in [6.45, 7) is 9.55. The molecule has 0 radical (unpaired) electrons. The second kappa shape index (κ2) is 3.84. The van der Waals surface area contributed by atoms with Crippen molar-refractivity contribution < 1.29 is 0 Å². The highest BCUT2D eigenvalue weighted by Crippen LogP contribution is 2.13. The molecule has 0 rings (SSSR count). The lowest BCUT2D eigenvalue weighted by Crippen LogP contribution is -2.54. The van der Waals surface area contributed by atoms with Gasteiger partial charge in [-0.05, 0) is 19.8 Å². The molecule has 0 aliphatic rings. The van der Waals surface area contributed by atoms with Crippen LogP contribution in [0.15, 0.2) is 0 Å². The molecule has 11 heavy (non-hydrogen) atoms. The SMILES string of the molecule is CN[Si](C)(C)C[Si](C)(C)NC. The molecule has 0 unspecified atom stereocenters. The van der Waals surface area contributed by atoms with Crippen LogP contribution in [0.2, 0.25) is 31.9 Å². The van der Waals surface area contributed by atoms with Crippen LogP contribution < -0.4 is 9.96 Å². The van der Waals surface area contributed by atoms with E-state index in [0.29, 0.717) is 0 Å². The number of nitrogens with one attached hydrogen (secondary N) is 2. The van der Waals surface area contributed by atoms with Gasteiger partial charge in [0.2, 0.25) is 0 Å². The van der Waals surface area contributed by atoms with Crippen LogP contribution in [0.3, 0.4) is 0 Å². The quantitative estimate of drug-likeness (QED) is 0.655. The Balaban J connectivity index is 4.02. The summed E-state index contributed by atoms with van der Waals surface area (Å²) in [5.41, 5.74) is 1.40. The second-order valence-corrected chi connectivity index (χ2v) is 14.4. The average Bonchev–Trinajstić information content (AvgIpc) is 1.86. The Morgan fingerprint density at radius 1 is 0.818 bits per heavy atom. The fourth-order valence-corrected chi connectivity index (χ4v) is 11.5. The third-order valence-corrected chi connectivity index (χ3v) is 12.0. The lowest BCUT2D eigenvalue weighted by molar-refractivity contribution is 1.10. The molecule has 0 amide bonds. The molecule has 2 nitrogen and oxygen atoms in total. The van der Waals surface area contributed by atoms with Gasteiger partial charge in [0.1, 0.15) is 16.5 Å². The van der Waals surface area contributed by atoms with E-state index in [0.717, 1.165) is 0 Å². The third kappa shape index (κ3) is 4.73. The number of hydrogen-bond donors (Lipinski definition) is 2. The van der Waals surface area contributed by atoms with Crippen molar-refractivity contribution >= 4 is 16.5 Å². The molecular formula is C7H22N2Si2. The Morgan fingerprint density at radius 3 is 1.27 bits per heavy atom. The van der Waals surface area contributed by atoms with E-state index in [1.807, 2.05) is 0 Å². The van der Waals surface area contributed by atoms with Crippen LogP contribution in [0.25, 0.3) is 0 Å². The summed E-state index contributed by atoms with van der Waals surface area (Å²) in [5, 5.41) is 0. The zero-order valence-corrected chi connectivity index (χ0v) is 10.7. The summed E-state index contributed by atoms with van der Waals surface area (Å²) in [6.07, 6.45) is 0. The van der Waals surface area contributed by atoms with Gasteiger partial charge in [0.15, 0.2) is 0 Å². The van der Waals surface area contributed by atoms with Crippen LogP contribution in [0.1, 0.15) is 0 Å². The first-order valence-electron chi connectivity index (χ1n) is 4.21. The number of hydrogen-bond acceptors (Lipinski definition) is 2. The smallest absolute Gasteiger partial charge is 0.117 e. The van der Waals surface area contributed by atoms with Crippen molar-refractivity contribution in [3.05, 3.63) is 0 Å². The highest BCUT2D eigenvalue weighted by Gasteiger charge is 2.29. The predicted molar refractivity (Wildman–Crippen MR) is 57.9 cm³/mol. The minimum atomic E-state index is -1.08. The van der Waals surface area contributed by atoms with Gasteiger partial charge in [0, 0.05) is 0 Å².